The Morgan fingerprint density at radius 1 is 1.53 bits per heavy atom. The monoisotopic (exact) mass is 236 g/mol. The van der Waals surface area contributed by atoms with Crippen LogP contribution in [0.5, 0.6) is 5.75 Å². The molecule has 1 atom stereocenters. The summed E-state index contributed by atoms with van der Waals surface area (Å²) in [5.41, 5.74) is 2.08. The van der Waals surface area contributed by atoms with Crippen LogP contribution in [0.2, 0.25) is 0 Å². The average Bonchev–Trinajstić information content (AvgIpc) is 2.36. The Hall–Kier alpha value is -1.55. The van der Waals surface area contributed by atoms with Crippen molar-refractivity contribution in [3.05, 3.63) is 29.3 Å². The van der Waals surface area contributed by atoms with Crippen LogP contribution in [-0.4, -0.2) is 24.8 Å². The van der Waals surface area contributed by atoms with Gasteiger partial charge in [0.1, 0.15) is 5.75 Å². The molecule has 0 fully saturated rings. The Labute approximate surface area is 100 Å². The number of aryl methyl sites for hydroxylation is 1. The molecule has 92 valence electrons. The molecular formula is C13H16O4. The third-order valence-corrected chi connectivity index (χ3v) is 2.98. The van der Waals surface area contributed by atoms with Gasteiger partial charge in [0.25, 0.3) is 0 Å². The smallest absolute Gasteiger partial charge is 0.343 e. The van der Waals surface area contributed by atoms with Crippen molar-refractivity contribution in [1.29, 1.82) is 0 Å². The van der Waals surface area contributed by atoms with Gasteiger partial charge in [0.15, 0.2) is 6.61 Å². The molecule has 4 nitrogen and oxygen atoms in total. The van der Waals surface area contributed by atoms with Crippen molar-refractivity contribution in [2.45, 2.75) is 25.4 Å². The molecule has 1 N–H and O–H groups in total. The number of methoxy groups -OCH3 is 1. The SMILES string of the molecule is COC(=O)COc1ccc2c(c1)C(O)CCC2. The number of carbonyl (C=O) groups is 1. The van der Waals surface area contributed by atoms with E-state index in [0.29, 0.717) is 5.75 Å². The van der Waals surface area contributed by atoms with E-state index in [1.54, 1.807) is 0 Å². The van der Waals surface area contributed by atoms with Gasteiger partial charge in [-0.3, -0.25) is 0 Å². The summed E-state index contributed by atoms with van der Waals surface area (Å²) >= 11 is 0. The van der Waals surface area contributed by atoms with Crippen LogP contribution < -0.4 is 4.74 Å². The fourth-order valence-electron chi connectivity index (χ4n) is 2.04. The highest BCUT2D eigenvalue weighted by Crippen LogP contribution is 2.32. The van der Waals surface area contributed by atoms with E-state index in [2.05, 4.69) is 4.74 Å². The third-order valence-electron chi connectivity index (χ3n) is 2.98. The fourth-order valence-corrected chi connectivity index (χ4v) is 2.04. The second kappa shape index (κ2) is 5.19. The van der Waals surface area contributed by atoms with Crippen LogP contribution in [-0.2, 0) is 16.0 Å². The van der Waals surface area contributed by atoms with E-state index in [-0.39, 0.29) is 6.61 Å². The lowest BCUT2D eigenvalue weighted by molar-refractivity contribution is -0.142. The Bertz CT molecular complexity index is 414. The number of hydrogen-bond acceptors (Lipinski definition) is 4. The first-order valence-electron chi connectivity index (χ1n) is 5.71. The lowest BCUT2D eigenvalue weighted by Crippen LogP contribution is -2.14. The maximum Gasteiger partial charge on any atom is 0.343 e. The number of fused-ring (bicyclic) bond motifs is 1. The summed E-state index contributed by atoms with van der Waals surface area (Å²) in [5, 5.41) is 9.86. The maximum atomic E-state index is 10.9. The molecule has 0 heterocycles. The van der Waals surface area contributed by atoms with Crippen molar-refractivity contribution in [3.63, 3.8) is 0 Å². The van der Waals surface area contributed by atoms with Crippen LogP contribution in [0.3, 0.4) is 0 Å². The molecule has 0 aliphatic heterocycles. The van der Waals surface area contributed by atoms with Gasteiger partial charge in [-0.15, -0.1) is 0 Å². The largest absolute Gasteiger partial charge is 0.482 e. The van der Waals surface area contributed by atoms with Crippen molar-refractivity contribution in [2.24, 2.45) is 0 Å². The number of hydrogen-bond donors (Lipinski definition) is 1. The molecule has 1 aliphatic rings. The summed E-state index contributed by atoms with van der Waals surface area (Å²) in [5.74, 6) is 0.179. The molecule has 0 aromatic heterocycles. The van der Waals surface area contributed by atoms with Crippen LogP contribution >= 0.6 is 0 Å². The summed E-state index contributed by atoms with van der Waals surface area (Å²) in [6.45, 7) is -0.106. The summed E-state index contributed by atoms with van der Waals surface area (Å²) in [4.78, 5) is 10.9. The van der Waals surface area contributed by atoms with Crippen LogP contribution in [0.1, 0.15) is 30.1 Å². The number of aliphatic hydroxyl groups excluding tert-OH is 1. The molecule has 1 aromatic rings. The summed E-state index contributed by atoms with van der Waals surface area (Å²) < 4.78 is 9.78. The first-order valence-corrected chi connectivity index (χ1v) is 5.71. The Balaban J connectivity index is 2.10. The Kier molecular flexibility index (Phi) is 3.64. The first-order chi connectivity index (χ1) is 8.20. The zero-order valence-corrected chi connectivity index (χ0v) is 9.81. The predicted molar refractivity (Wildman–Crippen MR) is 61.9 cm³/mol. The maximum absolute atomic E-state index is 10.9. The highest BCUT2D eigenvalue weighted by atomic mass is 16.6. The zero-order valence-electron chi connectivity index (χ0n) is 9.81. The van der Waals surface area contributed by atoms with Gasteiger partial charge in [-0.2, -0.15) is 0 Å². The van der Waals surface area contributed by atoms with E-state index in [0.717, 1.165) is 30.4 Å². The third kappa shape index (κ3) is 2.77. The van der Waals surface area contributed by atoms with E-state index >= 15 is 0 Å². The second-order valence-electron chi connectivity index (χ2n) is 4.13. The van der Waals surface area contributed by atoms with Crippen LogP contribution in [0.15, 0.2) is 18.2 Å². The molecule has 0 amide bonds. The van der Waals surface area contributed by atoms with E-state index in [1.807, 2.05) is 18.2 Å². The van der Waals surface area contributed by atoms with E-state index in [1.165, 1.54) is 7.11 Å². The highest BCUT2D eigenvalue weighted by molar-refractivity contribution is 5.70. The normalized spacial score (nSPS) is 18.4. The zero-order chi connectivity index (χ0) is 12.3. The standard InChI is InChI=1S/C13H16O4/c1-16-13(15)8-17-10-6-5-9-3-2-4-12(14)11(9)7-10/h5-7,12,14H,2-4,8H2,1H3. The second-order valence-corrected chi connectivity index (χ2v) is 4.13. The van der Waals surface area contributed by atoms with E-state index in [4.69, 9.17) is 4.74 Å². The predicted octanol–water partition coefficient (Wildman–Crippen LogP) is 1.61. The van der Waals surface area contributed by atoms with Gasteiger partial charge in [0, 0.05) is 0 Å². The minimum atomic E-state index is -0.416. The van der Waals surface area contributed by atoms with Crippen LogP contribution in [0.4, 0.5) is 0 Å². The number of esters is 1. The molecule has 0 radical (unpaired) electrons. The van der Waals surface area contributed by atoms with Gasteiger partial charge in [-0.1, -0.05) is 6.07 Å². The average molecular weight is 236 g/mol. The summed E-state index contributed by atoms with van der Waals surface area (Å²) in [6, 6.07) is 5.58. The fraction of sp³-hybridized carbons (Fsp3) is 0.462. The molecule has 0 saturated heterocycles. The van der Waals surface area contributed by atoms with E-state index in [9.17, 15) is 9.90 Å². The molecule has 0 saturated carbocycles. The molecule has 4 heteroatoms. The highest BCUT2D eigenvalue weighted by Gasteiger charge is 2.18. The number of carbonyl (C=O) groups excluding carboxylic acids is 1. The lowest BCUT2D eigenvalue weighted by Gasteiger charge is -2.21. The van der Waals surface area contributed by atoms with Gasteiger partial charge in [0.2, 0.25) is 0 Å². The van der Waals surface area contributed by atoms with Crippen molar-refractivity contribution in [1.82, 2.24) is 0 Å². The lowest BCUT2D eigenvalue weighted by atomic mass is 9.89. The molecule has 1 aliphatic carbocycles. The molecule has 0 bridgehead atoms. The summed E-state index contributed by atoms with van der Waals surface area (Å²) in [7, 11) is 1.32. The van der Waals surface area contributed by atoms with Gasteiger partial charge in [0.05, 0.1) is 13.2 Å². The van der Waals surface area contributed by atoms with Crippen LogP contribution in [0, 0.1) is 0 Å². The van der Waals surface area contributed by atoms with Gasteiger partial charge >= 0.3 is 5.97 Å². The number of benzene rings is 1. The minimum Gasteiger partial charge on any atom is -0.482 e. The number of rotatable bonds is 3. The number of aliphatic hydroxyl groups is 1. The minimum absolute atomic E-state index is 0.106. The molecule has 1 aromatic carbocycles. The topological polar surface area (TPSA) is 55.8 Å². The van der Waals surface area contributed by atoms with Crippen molar-refractivity contribution in [3.8, 4) is 5.75 Å². The van der Waals surface area contributed by atoms with Crippen molar-refractivity contribution < 1.29 is 19.4 Å². The molecule has 2 rings (SSSR count). The molecule has 17 heavy (non-hydrogen) atoms. The van der Waals surface area contributed by atoms with Crippen molar-refractivity contribution >= 4 is 5.97 Å². The molecule has 1 unspecified atom stereocenters. The Morgan fingerprint density at radius 2 is 2.35 bits per heavy atom. The van der Waals surface area contributed by atoms with Crippen molar-refractivity contribution in [2.75, 3.05) is 13.7 Å². The molecular weight excluding hydrogens is 220 g/mol. The summed E-state index contributed by atoms with van der Waals surface area (Å²) in [6.07, 6.45) is 2.37. The number of ether oxygens (including phenoxy) is 2. The van der Waals surface area contributed by atoms with Crippen LogP contribution in [0.25, 0.3) is 0 Å². The van der Waals surface area contributed by atoms with E-state index < -0.39 is 12.1 Å². The first kappa shape index (κ1) is 11.9. The van der Waals surface area contributed by atoms with Gasteiger partial charge in [-0.25, -0.2) is 4.79 Å². The van der Waals surface area contributed by atoms with Gasteiger partial charge < -0.3 is 14.6 Å². The Morgan fingerprint density at radius 3 is 3.12 bits per heavy atom. The quantitative estimate of drug-likeness (QED) is 0.810. The molecule has 0 spiro atoms. The van der Waals surface area contributed by atoms with Gasteiger partial charge in [-0.05, 0) is 42.5 Å².